The summed E-state index contributed by atoms with van der Waals surface area (Å²) in [5.74, 6) is 5.65. The maximum Gasteiger partial charge on any atom is -0.0126 e. The normalized spacial score (nSPS) is 45.7. The van der Waals surface area contributed by atoms with Crippen LogP contribution in [0, 0.1) is 23.7 Å². The molecule has 0 aliphatic heterocycles. The topological polar surface area (TPSA) is 0 Å². The van der Waals surface area contributed by atoms with E-state index >= 15 is 0 Å². The lowest BCUT2D eigenvalue weighted by atomic mass is 9.56. The van der Waals surface area contributed by atoms with Crippen LogP contribution >= 0.6 is 12.6 Å². The molecule has 0 unspecified atom stereocenters. The highest BCUT2D eigenvalue weighted by atomic mass is 32.1. The van der Waals surface area contributed by atoms with Crippen LogP contribution < -0.4 is 0 Å². The van der Waals surface area contributed by atoms with E-state index in [1.807, 2.05) is 6.92 Å². The summed E-state index contributed by atoms with van der Waals surface area (Å²) in [7, 11) is 0. The van der Waals surface area contributed by atoms with Crippen molar-refractivity contribution in [2.45, 2.75) is 45.4 Å². The Morgan fingerprint density at radius 1 is 0.769 bits per heavy atom. The minimum absolute atomic E-state index is 0.944. The molecule has 0 atom stereocenters. The average molecular weight is 198 g/mol. The highest BCUT2D eigenvalue weighted by Gasteiger charge is 2.41. The molecule has 4 fully saturated rings. The van der Waals surface area contributed by atoms with Crippen LogP contribution in [0.5, 0.6) is 0 Å². The summed E-state index contributed by atoms with van der Waals surface area (Å²) in [4.78, 5) is 0. The van der Waals surface area contributed by atoms with Gasteiger partial charge >= 0.3 is 0 Å². The Bertz CT molecular complexity index is 108. The van der Waals surface area contributed by atoms with Gasteiger partial charge in [0.2, 0.25) is 0 Å². The monoisotopic (exact) mass is 198 g/mol. The Kier molecular flexibility index (Phi) is 3.23. The molecule has 0 aromatic rings. The van der Waals surface area contributed by atoms with Crippen molar-refractivity contribution in [3.63, 3.8) is 0 Å². The Morgan fingerprint density at radius 3 is 1.08 bits per heavy atom. The van der Waals surface area contributed by atoms with Crippen LogP contribution in [0.2, 0.25) is 0 Å². The SMILES string of the molecule is C1C2CC3CC1CC(C2)C3.CCS. The summed E-state index contributed by atoms with van der Waals surface area (Å²) in [5, 5.41) is 0. The van der Waals surface area contributed by atoms with E-state index in [0.717, 1.165) is 5.75 Å². The summed E-state index contributed by atoms with van der Waals surface area (Å²) in [6.45, 7) is 1.99. The molecule has 0 radical (unpaired) electrons. The highest BCUT2D eigenvalue weighted by molar-refractivity contribution is 7.80. The van der Waals surface area contributed by atoms with Crippen molar-refractivity contribution in [3.8, 4) is 0 Å². The van der Waals surface area contributed by atoms with E-state index in [-0.39, 0.29) is 0 Å². The maximum atomic E-state index is 3.79. The van der Waals surface area contributed by atoms with Crippen molar-refractivity contribution in [1.82, 2.24) is 0 Å². The van der Waals surface area contributed by atoms with E-state index in [2.05, 4.69) is 12.6 Å². The second kappa shape index (κ2) is 4.25. The van der Waals surface area contributed by atoms with Gasteiger partial charge in [-0.05, 0) is 67.9 Å². The Labute approximate surface area is 87.9 Å². The second-order valence-corrected chi connectivity index (χ2v) is 5.83. The summed E-state index contributed by atoms with van der Waals surface area (Å²) >= 11 is 3.79. The van der Waals surface area contributed by atoms with E-state index < -0.39 is 0 Å². The minimum atomic E-state index is 0.944. The van der Waals surface area contributed by atoms with Crippen LogP contribution in [-0.4, -0.2) is 5.75 Å². The van der Waals surface area contributed by atoms with E-state index in [9.17, 15) is 0 Å². The zero-order valence-corrected chi connectivity index (χ0v) is 9.60. The predicted molar refractivity (Wildman–Crippen MR) is 61.2 cm³/mol. The first-order valence-electron chi connectivity index (χ1n) is 5.92. The van der Waals surface area contributed by atoms with Crippen LogP contribution in [0.3, 0.4) is 0 Å². The van der Waals surface area contributed by atoms with Crippen molar-refractivity contribution in [3.05, 3.63) is 0 Å². The molecule has 76 valence electrons. The van der Waals surface area contributed by atoms with Crippen molar-refractivity contribution in [2.75, 3.05) is 5.75 Å². The molecular formula is C12H22S. The largest absolute Gasteiger partial charge is 0.180 e. The molecule has 13 heavy (non-hydrogen) atoms. The molecule has 0 N–H and O–H groups in total. The summed E-state index contributed by atoms with van der Waals surface area (Å²) in [6, 6.07) is 0. The first-order valence-corrected chi connectivity index (χ1v) is 6.55. The third kappa shape index (κ3) is 2.23. The molecule has 4 rings (SSSR count). The van der Waals surface area contributed by atoms with Crippen molar-refractivity contribution in [1.29, 1.82) is 0 Å². The van der Waals surface area contributed by atoms with Crippen molar-refractivity contribution in [2.24, 2.45) is 23.7 Å². The fourth-order valence-corrected chi connectivity index (χ4v) is 3.98. The molecule has 0 amide bonds. The molecule has 0 spiro atoms. The van der Waals surface area contributed by atoms with E-state index in [0.29, 0.717) is 0 Å². The van der Waals surface area contributed by atoms with Crippen LogP contribution in [-0.2, 0) is 0 Å². The third-order valence-corrected chi connectivity index (χ3v) is 4.00. The lowest BCUT2D eigenvalue weighted by Crippen LogP contribution is -2.38. The van der Waals surface area contributed by atoms with E-state index in [1.54, 1.807) is 38.5 Å². The van der Waals surface area contributed by atoms with Gasteiger partial charge in [-0.2, -0.15) is 12.6 Å². The van der Waals surface area contributed by atoms with E-state index in [1.165, 1.54) is 23.7 Å². The molecule has 4 bridgehead atoms. The number of hydrogen-bond donors (Lipinski definition) is 1. The van der Waals surface area contributed by atoms with Crippen LogP contribution in [0.15, 0.2) is 0 Å². The molecule has 4 aliphatic rings. The molecule has 4 saturated carbocycles. The summed E-state index contributed by atoms with van der Waals surface area (Å²) in [5.41, 5.74) is 0. The fraction of sp³-hybridized carbons (Fsp3) is 1.00. The Balaban J connectivity index is 0.000000196. The Hall–Kier alpha value is 0.350. The lowest BCUT2D eigenvalue weighted by molar-refractivity contribution is 0.0198. The van der Waals surface area contributed by atoms with Gasteiger partial charge in [-0.25, -0.2) is 0 Å². The summed E-state index contributed by atoms with van der Waals surface area (Å²) < 4.78 is 0. The summed E-state index contributed by atoms with van der Waals surface area (Å²) in [6.07, 6.45) is 9.62. The smallest absolute Gasteiger partial charge is 0.0126 e. The lowest BCUT2D eigenvalue weighted by Gasteiger charge is -2.49. The van der Waals surface area contributed by atoms with Gasteiger partial charge in [-0.15, -0.1) is 0 Å². The number of hydrogen-bond acceptors (Lipinski definition) is 1. The minimum Gasteiger partial charge on any atom is -0.180 e. The van der Waals surface area contributed by atoms with Crippen molar-refractivity contribution < 1.29 is 0 Å². The van der Waals surface area contributed by atoms with Crippen molar-refractivity contribution >= 4 is 12.6 Å². The van der Waals surface area contributed by atoms with Gasteiger partial charge in [0, 0.05) is 0 Å². The quantitative estimate of drug-likeness (QED) is 0.563. The molecular weight excluding hydrogens is 176 g/mol. The fourth-order valence-electron chi connectivity index (χ4n) is 3.98. The molecule has 0 saturated heterocycles. The van der Waals surface area contributed by atoms with Gasteiger partial charge in [0.05, 0.1) is 0 Å². The first kappa shape index (κ1) is 9.89. The van der Waals surface area contributed by atoms with Gasteiger partial charge in [-0.3, -0.25) is 0 Å². The number of rotatable bonds is 0. The van der Waals surface area contributed by atoms with E-state index in [4.69, 9.17) is 0 Å². The van der Waals surface area contributed by atoms with Gasteiger partial charge in [0.25, 0.3) is 0 Å². The van der Waals surface area contributed by atoms with Crippen LogP contribution in [0.1, 0.15) is 45.4 Å². The van der Waals surface area contributed by atoms with Gasteiger partial charge in [0.1, 0.15) is 0 Å². The zero-order valence-electron chi connectivity index (χ0n) is 8.71. The Morgan fingerprint density at radius 2 is 0.923 bits per heavy atom. The highest BCUT2D eigenvalue weighted by Crippen LogP contribution is 2.53. The van der Waals surface area contributed by atoms with Gasteiger partial charge in [0.15, 0.2) is 0 Å². The van der Waals surface area contributed by atoms with Gasteiger partial charge < -0.3 is 0 Å². The molecule has 0 aromatic carbocycles. The third-order valence-electron chi connectivity index (χ3n) is 4.00. The van der Waals surface area contributed by atoms with Crippen LogP contribution in [0.25, 0.3) is 0 Å². The standard InChI is InChI=1S/C10H16.C2H6S/c1-7-2-9-4-8(1)5-10(3-7)6-9;1-2-3/h7-10H,1-6H2;3H,2H2,1H3. The average Bonchev–Trinajstić information content (AvgIpc) is 2.01. The zero-order chi connectivity index (χ0) is 9.26. The molecule has 4 aliphatic carbocycles. The second-order valence-electron chi connectivity index (χ2n) is 5.19. The molecule has 0 aromatic heterocycles. The number of thiol groups is 1. The molecule has 0 nitrogen and oxygen atoms in total. The first-order chi connectivity index (χ1) is 6.31. The molecule has 1 heteroatoms. The predicted octanol–water partition coefficient (Wildman–Crippen LogP) is 3.77. The van der Waals surface area contributed by atoms with Gasteiger partial charge in [-0.1, -0.05) is 6.92 Å². The maximum absolute atomic E-state index is 3.79. The van der Waals surface area contributed by atoms with Crippen LogP contribution in [0.4, 0.5) is 0 Å². The molecule has 0 heterocycles.